The summed E-state index contributed by atoms with van der Waals surface area (Å²) in [6.07, 6.45) is -0.00618. The molecule has 5 nitrogen and oxygen atoms in total. The fourth-order valence-electron chi connectivity index (χ4n) is 2.33. The average molecular weight is 369 g/mol. The molecule has 1 unspecified atom stereocenters. The van der Waals surface area contributed by atoms with Crippen LogP contribution in [0.1, 0.15) is 27.2 Å². The maximum atomic E-state index is 12.1. The van der Waals surface area contributed by atoms with Gasteiger partial charge >= 0.3 is 6.09 Å². The van der Waals surface area contributed by atoms with Crippen molar-refractivity contribution < 1.29 is 14.3 Å². The first kappa shape index (κ1) is 16.8. The molecule has 0 saturated carbocycles. The van der Waals surface area contributed by atoms with Crippen LogP contribution < -0.4 is 10.2 Å². The average Bonchev–Trinajstić information content (AvgIpc) is 2.77. The quantitative estimate of drug-likeness (QED) is 0.889. The number of benzene rings is 1. The van der Waals surface area contributed by atoms with Crippen LogP contribution >= 0.6 is 15.9 Å². The predicted octanol–water partition coefficient (Wildman–Crippen LogP) is 3.33. The molecule has 1 aliphatic heterocycles. The number of ether oxygens (including phenoxy) is 1. The van der Waals surface area contributed by atoms with Gasteiger partial charge in [-0.25, -0.2) is 4.79 Å². The lowest BCUT2D eigenvalue weighted by atomic mass is 10.1. The molecule has 1 aliphatic rings. The van der Waals surface area contributed by atoms with E-state index in [1.54, 1.807) is 4.90 Å². The summed E-state index contributed by atoms with van der Waals surface area (Å²) in [5, 5.41) is 2.74. The molecule has 1 fully saturated rings. The number of hydrogen-bond acceptors (Lipinski definition) is 3. The van der Waals surface area contributed by atoms with E-state index in [9.17, 15) is 9.59 Å². The number of rotatable bonds is 3. The second-order valence-electron chi connectivity index (χ2n) is 6.43. The number of anilines is 1. The van der Waals surface area contributed by atoms with Gasteiger partial charge < -0.3 is 15.0 Å². The van der Waals surface area contributed by atoms with E-state index >= 15 is 0 Å². The van der Waals surface area contributed by atoms with Crippen LogP contribution in [0.3, 0.4) is 0 Å². The number of nitrogens with zero attached hydrogens (tertiary/aromatic N) is 1. The third-order valence-corrected chi connectivity index (χ3v) is 3.81. The van der Waals surface area contributed by atoms with Gasteiger partial charge in [0, 0.05) is 35.6 Å². The maximum Gasteiger partial charge on any atom is 0.407 e. The Morgan fingerprint density at radius 2 is 2.00 bits per heavy atom. The summed E-state index contributed by atoms with van der Waals surface area (Å²) in [7, 11) is 0. The second kappa shape index (κ2) is 6.69. The van der Waals surface area contributed by atoms with Crippen LogP contribution in [0.2, 0.25) is 0 Å². The standard InChI is InChI=1S/C16H21BrN2O3/c1-16(2,3)22-15(21)18-9-11-8-14(20)19(10-11)13-6-4-12(17)5-7-13/h4-7,11H,8-10H2,1-3H3,(H,18,21). The highest BCUT2D eigenvalue weighted by atomic mass is 79.9. The van der Waals surface area contributed by atoms with E-state index in [4.69, 9.17) is 4.74 Å². The minimum absolute atomic E-state index is 0.0818. The van der Waals surface area contributed by atoms with Crippen molar-refractivity contribution in [2.45, 2.75) is 32.8 Å². The largest absolute Gasteiger partial charge is 0.444 e. The SMILES string of the molecule is CC(C)(C)OC(=O)NCC1CC(=O)N(c2ccc(Br)cc2)C1. The fraction of sp³-hybridized carbons (Fsp3) is 0.500. The van der Waals surface area contributed by atoms with Crippen molar-refractivity contribution in [2.24, 2.45) is 5.92 Å². The summed E-state index contributed by atoms with van der Waals surface area (Å²) in [5.41, 5.74) is 0.368. The Morgan fingerprint density at radius 3 is 2.59 bits per heavy atom. The smallest absolute Gasteiger partial charge is 0.407 e. The van der Waals surface area contributed by atoms with E-state index in [0.29, 0.717) is 19.5 Å². The third kappa shape index (κ3) is 4.73. The highest BCUT2D eigenvalue weighted by Gasteiger charge is 2.31. The van der Waals surface area contributed by atoms with Crippen molar-refractivity contribution in [3.8, 4) is 0 Å². The van der Waals surface area contributed by atoms with Crippen molar-refractivity contribution in [1.82, 2.24) is 5.32 Å². The number of amides is 2. The number of hydrogen-bond donors (Lipinski definition) is 1. The molecule has 0 spiro atoms. The second-order valence-corrected chi connectivity index (χ2v) is 7.35. The Balaban J connectivity index is 1.87. The Bertz CT molecular complexity index is 552. The molecule has 120 valence electrons. The van der Waals surface area contributed by atoms with E-state index in [2.05, 4.69) is 21.2 Å². The van der Waals surface area contributed by atoms with E-state index in [0.717, 1.165) is 10.2 Å². The summed E-state index contributed by atoms with van der Waals surface area (Å²) in [5.74, 6) is 0.182. The maximum absolute atomic E-state index is 12.1. The van der Waals surface area contributed by atoms with Crippen molar-refractivity contribution in [3.63, 3.8) is 0 Å². The molecule has 2 rings (SSSR count). The van der Waals surface area contributed by atoms with Gasteiger partial charge in [0.2, 0.25) is 5.91 Å². The molecule has 0 aromatic heterocycles. The van der Waals surface area contributed by atoms with Gasteiger partial charge in [-0.2, -0.15) is 0 Å². The zero-order chi connectivity index (χ0) is 16.3. The Kier molecular flexibility index (Phi) is 5.11. The van der Waals surface area contributed by atoms with Crippen LogP contribution in [0, 0.1) is 5.92 Å². The topological polar surface area (TPSA) is 58.6 Å². The molecule has 1 atom stereocenters. The van der Waals surface area contributed by atoms with Crippen LogP contribution in [-0.2, 0) is 9.53 Å². The molecule has 1 N–H and O–H groups in total. The van der Waals surface area contributed by atoms with Gasteiger partial charge in [0.05, 0.1) is 0 Å². The Labute approximate surface area is 139 Å². The summed E-state index contributed by atoms with van der Waals surface area (Å²) in [4.78, 5) is 25.5. The van der Waals surface area contributed by atoms with Gasteiger partial charge in [0.25, 0.3) is 0 Å². The van der Waals surface area contributed by atoms with Crippen molar-refractivity contribution >= 4 is 33.6 Å². The monoisotopic (exact) mass is 368 g/mol. The van der Waals surface area contributed by atoms with Crippen LogP contribution in [0.25, 0.3) is 0 Å². The third-order valence-electron chi connectivity index (χ3n) is 3.28. The highest BCUT2D eigenvalue weighted by Crippen LogP contribution is 2.26. The van der Waals surface area contributed by atoms with Gasteiger partial charge in [-0.1, -0.05) is 15.9 Å². The van der Waals surface area contributed by atoms with Gasteiger partial charge in [-0.3, -0.25) is 4.79 Å². The van der Waals surface area contributed by atoms with Crippen LogP contribution in [-0.4, -0.2) is 30.7 Å². The van der Waals surface area contributed by atoms with Crippen molar-refractivity contribution in [1.29, 1.82) is 0 Å². The van der Waals surface area contributed by atoms with Crippen LogP contribution in [0.5, 0.6) is 0 Å². The Morgan fingerprint density at radius 1 is 1.36 bits per heavy atom. The predicted molar refractivity (Wildman–Crippen MR) is 88.8 cm³/mol. The van der Waals surface area contributed by atoms with Gasteiger partial charge in [0.15, 0.2) is 0 Å². The Hall–Kier alpha value is -1.56. The summed E-state index contributed by atoms with van der Waals surface area (Å²) in [6, 6.07) is 7.64. The number of carbonyl (C=O) groups excluding carboxylic acids is 2. The van der Waals surface area contributed by atoms with Gasteiger partial charge in [-0.15, -0.1) is 0 Å². The first-order valence-corrected chi connectivity index (χ1v) is 8.07. The van der Waals surface area contributed by atoms with Crippen LogP contribution in [0.4, 0.5) is 10.5 Å². The lowest BCUT2D eigenvalue weighted by Gasteiger charge is -2.21. The molecule has 1 heterocycles. The number of nitrogens with one attached hydrogen (secondary N) is 1. The highest BCUT2D eigenvalue weighted by molar-refractivity contribution is 9.10. The normalized spacial score (nSPS) is 18.5. The molecular formula is C16H21BrN2O3. The zero-order valence-corrected chi connectivity index (χ0v) is 14.6. The molecule has 6 heteroatoms. The number of carbonyl (C=O) groups is 2. The first-order valence-electron chi connectivity index (χ1n) is 7.27. The van der Waals surface area contributed by atoms with E-state index in [-0.39, 0.29) is 11.8 Å². The molecule has 2 amide bonds. The summed E-state index contributed by atoms with van der Waals surface area (Å²) >= 11 is 3.38. The molecule has 1 aromatic carbocycles. The minimum Gasteiger partial charge on any atom is -0.444 e. The molecule has 0 radical (unpaired) electrons. The van der Waals surface area contributed by atoms with Crippen LogP contribution in [0.15, 0.2) is 28.7 Å². The summed E-state index contributed by atoms with van der Waals surface area (Å²) < 4.78 is 6.17. The van der Waals surface area contributed by atoms with Gasteiger partial charge in [-0.05, 0) is 45.0 Å². The van der Waals surface area contributed by atoms with Gasteiger partial charge in [0.1, 0.15) is 5.60 Å². The van der Waals surface area contributed by atoms with E-state index < -0.39 is 11.7 Å². The molecule has 22 heavy (non-hydrogen) atoms. The molecule has 0 bridgehead atoms. The van der Waals surface area contributed by atoms with Crippen molar-refractivity contribution in [3.05, 3.63) is 28.7 Å². The van der Waals surface area contributed by atoms with Crippen molar-refractivity contribution in [2.75, 3.05) is 18.0 Å². The molecule has 1 saturated heterocycles. The fourth-order valence-corrected chi connectivity index (χ4v) is 2.60. The zero-order valence-electron chi connectivity index (χ0n) is 13.1. The lowest BCUT2D eigenvalue weighted by molar-refractivity contribution is -0.117. The lowest BCUT2D eigenvalue weighted by Crippen LogP contribution is -2.36. The molecule has 1 aromatic rings. The molecule has 0 aliphatic carbocycles. The number of alkyl carbamates (subject to hydrolysis) is 1. The summed E-state index contributed by atoms with van der Waals surface area (Å²) in [6.45, 7) is 6.51. The first-order chi connectivity index (χ1) is 10.2. The van der Waals surface area contributed by atoms with E-state index in [1.807, 2.05) is 45.0 Å². The number of halogens is 1. The molecular weight excluding hydrogens is 348 g/mol. The van der Waals surface area contributed by atoms with E-state index in [1.165, 1.54) is 0 Å². The minimum atomic E-state index is -0.515.